The number of nitrogens with zero attached hydrogens (tertiary/aromatic N) is 2. The second kappa shape index (κ2) is 9.16. The fourth-order valence-corrected chi connectivity index (χ4v) is 4.61. The maximum Gasteiger partial charge on any atom is 0.317 e. The minimum Gasteiger partial charge on any atom is -0.338 e. The number of carbonyl (C=O) groups is 1. The normalized spacial score (nSPS) is 15.4. The minimum atomic E-state index is -3.75. The number of hydrogen-bond donors (Lipinski definition) is 1. The van der Waals surface area contributed by atoms with E-state index in [0.29, 0.717) is 19.6 Å². The molecule has 0 atom stereocenters. The molecule has 1 heterocycles. The van der Waals surface area contributed by atoms with Crippen LogP contribution in [0.3, 0.4) is 0 Å². The fraction of sp³-hybridized carbons (Fsp3) is 0.350. The predicted molar refractivity (Wildman–Crippen MR) is 105 cm³/mol. The highest BCUT2D eigenvalue weighted by Gasteiger charge is 2.30. The van der Waals surface area contributed by atoms with Gasteiger partial charge in [-0.05, 0) is 36.6 Å². The Balaban J connectivity index is 1.45. The van der Waals surface area contributed by atoms with Crippen molar-refractivity contribution in [1.29, 1.82) is 0 Å². The van der Waals surface area contributed by atoms with E-state index in [4.69, 9.17) is 0 Å². The number of halogens is 1. The second-order valence-corrected chi connectivity index (χ2v) is 8.61. The molecule has 150 valence electrons. The van der Waals surface area contributed by atoms with Gasteiger partial charge < -0.3 is 10.2 Å². The van der Waals surface area contributed by atoms with Gasteiger partial charge in [-0.2, -0.15) is 4.31 Å². The lowest BCUT2D eigenvalue weighted by Gasteiger charge is -2.34. The molecule has 0 aromatic heterocycles. The zero-order valence-electron chi connectivity index (χ0n) is 15.6. The summed E-state index contributed by atoms with van der Waals surface area (Å²) < 4.78 is 39.8. The van der Waals surface area contributed by atoms with Crippen LogP contribution < -0.4 is 5.32 Å². The number of rotatable bonds is 6. The Bertz CT molecular complexity index is 898. The Morgan fingerprint density at radius 3 is 2.39 bits per heavy atom. The van der Waals surface area contributed by atoms with Crippen LogP contribution in [0.25, 0.3) is 0 Å². The molecule has 1 fully saturated rings. The first-order chi connectivity index (χ1) is 13.5. The van der Waals surface area contributed by atoms with E-state index in [1.165, 1.54) is 28.1 Å². The molecule has 0 aliphatic carbocycles. The Labute approximate surface area is 165 Å². The van der Waals surface area contributed by atoms with Crippen molar-refractivity contribution in [2.75, 3.05) is 32.7 Å². The third-order valence-electron chi connectivity index (χ3n) is 4.72. The van der Waals surface area contributed by atoms with E-state index >= 15 is 0 Å². The van der Waals surface area contributed by atoms with Crippen LogP contribution in [0.5, 0.6) is 0 Å². The second-order valence-electron chi connectivity index (χ2n) is 6.67. The summed E-state index contributed by atoms with van der Waals surface area (Å²) in [7, 11) is -3.75. The molecule has 0 saturated carbocycles. The Kier molecular flexibility index (Phi) is 6.64. The molecule has 28 heavy (non-hydrogen) atoms. The van der Waals surface area contributed by atoms with Gasteiger partial charge in [-0.1, -0.05) is 36.4 Å². The number of sulfonamides is 1. The molecule has 0 spiro atoms. The highest BCUT2D eigenvalue weighted by Crippen LogP contribution is 2.18. The average Bonchev–Trinajstić information content (AvgIpc) is 2.72. The van der Waals surface area contributed by atoms with Crippen molar-refractivity contribution in [3.05, 3.63) is 66.0 Å². The molecule has 0 bridgehead atoms. The standard InChI is InChI=1S/C20H24FN3O3S/c21-18-9-4-10-19(16-18)28(26,27)24-14-12-23(13-15-24)20(25)22-11-5-8-17-6-2-1-3-7-17/h1-4,6-7,9-10,16H,5,8,11-15H2,(H,22,25). The first-order valence-electron chi connectivity index (χ1n) is 9.29. The van der Waals surface area contributed by atoms with Crippen molar-refractivity contribution >= 4 is 16.1 Å². The highest BCUT2D eigenvalue weighted by molar-refractivity contribution is 7.89. The average molecular weight is 405 g/mol. The van der Waals surface area contributed by atoms with Crippen molar-refractivity contribution in [3.8, 4) is 0 Å². The molecule has 1 aliphatic heterocycles. The molecule has 1 saturated heterocycles. The smallest absolute Gasteiger partial charge is 0.317 e. The number of piperazine rings is 1. The largest absolute Gasteiger partial charge is 0.338 e. The van der Waals surface area contributed by atoms with Crippen LogP contribution in [-0.2, 0) is 16.4 Å². The third kappa shape index (κ3) is 5.08. The van der Waals surface area contributed by atoms with Gasteiger partial charge in [0.25, 0.3) is 0 Å². The summed E-state index contributed by atoms with van der Waals surface area (Å²) in [6.07, 6.45) is 1.73. The van der Waals surface area contributed by atoms with Crippen molar-refractivity contribution in [2.24, 2.45) is 0 Å². The van der Waals surface area contributed by atoms with Gasteiger partial charge in [0, 0.05) is 32.7 Å². The maximum absolute atomic E-state index is 13.3. The summed E-state index contributed by atoms with van der Waals surface area (Å²) in [6.45, 7) is 1.56. The summed E-state index contributed by atoms with van der Waals surface area (Å²) in [4.78, 5) is 13.8. The number of amides is 2. The van der Waals surface area contributed by atoms with Crippen LogP contribution in [0.1, 0.15) is 12.0 Å². The summed E-state index contributed by atoms with van der Waals surface area (Å²) in [5, 5.41) is 2.88. The molecule has 3 rings (SSSR count). The highest BCUT2D eigenvalue weighted by atomic mass is 32.2. The Morgan fingerprint density at radius 1 is 1.00 bits per heavy atom. The molecular weight excluding hydrogens is 381 g/mol. The molecule has 6 nitrogen and oxygen atoms in total. The van der Waals surface area contributed by atoms with E-state index < -0.39 is 15.8 Å². The number of urea groups is 1. The zero-order valence-corrected chi connectivity index (χ0v) is 16.4. The van der Waals surface area contributed by atoms with E-state index in [1.54, 1.807) is 4.90 Å². The number of nitrogens with one attached hydrogen (secondary N) is 1. The monoisotopic (exact) mass is 405 g/mol. The van der Waals surface area contributed by atoms with E-state index in [1.807, 2.05) is 18.2 Å². The third-order valence-corrected chi connectivity index (χ3v) is 6.62. The summed E-state index contributed by atoms with van der Waals surface area (Å²) >= 11 is 0. The van der Waals surface area contributed by atoms with Crippen LogP contribution in [0.15, 0.2) is 59.5 Å². The molecular formula is C20H24FN3O3S. The lowest BCUT2D eigenvalue weighted by molar-refractivity contribution is 0.172. The Morgan fingerprint density at radius 2 is 1.71 bits per heavy atom. The van der Waals surface area contributed by atoms with Gasteiger partial charge in [-0.3, -0.25) is 0 Å². The van der Waals surface area contributed by atoms with Gasteiger partial charge >= 0.3 is 6.03 Å². The quantitative estimate of drug-likeness (QED) is 0.751. The van der Waals surface area contributed by atoms with E-state index in [0.717, 1.165) is 18.9 Å². The van der Waals surface area contributed by atoms with Crippen LogP contribution in [0.2, 0.25) is 0 Å². The fourth-order valence-electron chi connectivity index (χ4n) is 3.15. The van der Waals surface area contributed by atoms with Gasteiger partial charge in [-0.15, -0.1) is 0 Å². The van der Waals surface area contributed by atoms with E-state index in [2.05, 4.69) is 17.4 Å². The van der Waals surface area contributed by atoms with Crippen molar-refractivity contribution in [2.45, 2.75) is 17.7 Å². The lowest BCUT2D eigenvalue weighted by Crippen LogP contribution is -2.53. The van der Waals surface area contributed by atoms with Crippen LogP contribution in [0.4, 0.5) is 9.18 Å². The van der Waals surface area contributed by atoms with Gasteiger partial charge in [0.15, 0.2) is 0 Å². The van der Waals surface area contributed by atoms with Crippen molar-refractivity contribution in [3.63, 3.8) is 0 Å². The lowest BCUT2D eigenvalue weighted by atomic mass is 10.1. The SMILES string of the molecule is O=C(NCCCc1ccccc1)N1CCN(S(=O)(=O)c2cccc(F)c2)CC1. The van der Waals surface area contributed by atoms with Crippen LogP contribution >= 0.6 is 0 Å². The molecule has 1 N–H and O–H groups in total. The minimum absolute atomic E-state index is 0.0636. The van der Waals surface area contributed by atoms with Crippen molar-refractivity contribution in [1.82, 2.24) is 14.5 Å². The van der Waals surface area contributed by atoms with Gasteiger partial charge in [0.2, 0.25) is 10.0 Å². The zero-order chi connectivity index (χ0) is 20.0. The number of carbonyl (C=O) groups excluding carboxylic acids is 1. The van der Waals surface area contributed by atoms with Crippen LogP contribution in [-0.4, -0.2) is 56.4 Å². The predicted octanol–water partition coefficient (Wildman–Crippen LogP) is 2.47. The molecule has 0 radical (unpaired) electrons. The van der Waals surface area contributed by atoms with Crippen LogP contribution in [0, 0.1) is 5.82 Å². The van der Waals surface area contributed by atoms with Crippen molar-refractivity contribution < 1.29 is 17.6 Å². The van der Waals surface area contributed by atoms with Gasteiger partial charge in [0.05, 0.1) is 4.90 Å². The Hall–Kier alpha value is -2.45. The molecule has 1 aliphatic rings. The summed E-state index contributed by atoms with van der Waals surface area (Å²) in [6, 6.07) is 14.9. The maximum atomic E-state index is 13.3. The molecule has 2 amide bonds. The van der Waals surface area contributed by atoms with E-state index in [-0.39, 0.29) is 24.0 Å². The topological polar surface area (TPSA) is 69.7 Å². The summed E-state index contributed by atoms with van der Waals surface area (Å²) in [5.41, 5.74) is 1.23. The molecule has 2 aromatic carbocycles. The molecule has 2 aromatic rings. The molecule has 0 unspecified atom stereocenters. The number of aryl methyl sites for hydroxylation is 1. The first kappa shape index (κ1) is 20.3. The van der Waals surface area contributed by atoms with Gasteiger partial charge in [-0.25, -0.2) is 17.6 Å². The van der Waals surface area contributed by atoms with Gasteiger partial charge in [0.1, 0.15) is 5.82 Å². The van der Waals surface area contributed by atoms with E-state index in [9.17, 15) is 17.6 Å². The summed E-state index contributed by atoms with van der Waals surface area (Å²) in [5.74, 6) is -0.588. The number of hydrogen-bond acceptors (Lipinski definition) is 3. The molecule has 8 heteroatoms. The first-order valence-corrected chi connectivity index (χ1v) is 10.7. The number of benzene rings is 2.